The van der Waals surface area contributed by atoms with Gasteiger partial charge < -0.3 is 14.8 Å². The second kappa shape index (κ2) is 8.25. The number of nitrogens with zero attached hydrogens (tertiary/aromatic N) is 2. The van der Waals surface area contributed by atoms with Gasteiger partial charge in [0.15, 0.2) is 11.5 Å². The Labute approximate surface area is 171 Å². The molecule has 2 heterocycles. The molecular formula is C23H27N3O3. The lowest BCUT2D eigenvalue weighted by Crippen LogP contribution is -2.48. The van der Waals surface area contributed by atoms with Gasteiger partial charge in [-0.3, -0.25) is 14.7 Å². The first kappa shape index (κ1) is 19.5. The van der Waals surface area contributed by atoms with E-state index in [4.69, 9.17) is 14.5 Å². The summed E-state index contributed by atoms with van der Waals surface area (Å²) in [6, 6.07) is 15.9. The molecule has 29 heavy (non-hydrogen) atoms. The second-order valence-corrected chi connectivity index (χ2v) is 7.51. The molecule has 6 heteroatoms. The third-order valence-corrected chi connectivity index (χ3v) is 5.64. The highest BCUT2D eigenvalue weighted by molar-refractivity contribution is 6.15. The van der Waals surface area contributed by atoms with E-state index in [9.17, 15) is 4.79 Å². The molecule has 2 aromatic carbocycles. The minimum absolute atomic E-state index is 0.0269. The van der Waals surface area contributed by atoms with E-state index in [0.29, 0.717) is 12.4 Å². The molecule has 0 atom stereocenters. The van der Waals surface area contributed by atoms with Crippen LogP contribution < -0.4 is 14.8 Å². The third-order valence-electron chi connectivity index (χ3n) is 5.64. The fourth-order valence-electron chi connectivity index (χ4n) is 4.02. The highest BCUT2D eigenvalue weighted by Gasteiger charge is 2.45. The Bertz CT molecular complexity index is 903. The summed E-state index contributed by atoms with van der Waals surface area (Å²) < 4.78 is 11.1. The van der Waals surface area contributed by atoms with Crippen LogP contribution in [0.3, 0.4) is 0 Å². The minimum atomic E-state index is -0.627. The van der Waals surface area contributed by atoms with Crippen molar-refractivity contribution in [2.24, 2.45) is 4.99 Å². The van der Waals surface area contributed by atoms with Crippen molar-refractivity contribution in [2.75, 3.05) is 26.8 Å². The summed E-state index contributed by atoms with van der Waals surface area (Å²) in [7, 11) is 1.65. The molecule has 1 fully saturated rings. The largest absolute Gasteiger partial charge is 0.493 e. The van der Waals surface area contributed by atoms with Gasteiger partial charge in [-0.15, -0.1) is 0 Å². The normalized spacial score (nSPS) is 18.4. The van der Waals surface area contributed by atoms with Crippen molar-refractivity contribution in [3.63, 3.8) is 0 Å². The number of carbonyl (C=O) groups is 1. The van der Waals surface area contributed by atoms with Crippen LogP contribution in [-0.2, 0) is 11.3 Å². The number of amides is 1. The third kappa shape index (κ3) is 3.98. The summed E-state index contributed by atoms with van der Waals surface area (Å²) in [5, 5.41) is 2.99. The molecule has 0 saturated carbocycles. The summed E-state index contributed by atoms with van der Waals surface area (Å²) in [6.07, 6.45) is 1.45. The molecule has 0 bridgehead atoms. The number of methoxy groups -OCH3 is 1. The molecule has 152 valence electrons. The van der Waals surface area contributed by atoms with Crippen molar-refractivity contribution >= 4 is 11.7 Å². The smallest absolute Gasteiger partial charge is 0.253 e. The predicted molar refractivity (Wildman–Crippen MR) is 113 cm³/mol. The number of carbonyl (C=O) groups excluding carboxylic acids is 1. The first-order valence-corrected chi connectivity index (χ1v) is 10.1. The highest BCUT2D eigenvalue weighted by Crippen LogP contribution is 2.33. The summed E-state index contributed by atoms with van der Waals surface area (Å²) in [5.41, 5.74) is 1.51. The maximum atomic E-state index is 12.7. The average Bonchev–Trinajstić information content (AvgIpc) is 3.07. The molecule has 0 radical (unpaired) electrons. The van der Waals surface area contributed by atoms with Crippen LogP contribution in [0, 0.1) is 0 Å². The number of benzene rings is 2. The van der Waals surface area contributed by atoms with Crippen molar-refractivity contribution < 1.29 is 14.3 Å². The van der Waals surface area contributed by atoms with E-state index in [1.54, 1.807) is 7.11 Å². The van der Waals surface area contributed by atoms with Crippen LogP contribution in [-0.4, -0.2) is 49.0 Å². The average molecular weight is 393 g/mol. The van der Waals surface area contributed by atoms with Gasteiger partial charge in [0, 0.05) is 25.2 Å². The molecule has 1 spiro atoms. The Morgan fingerprint density at radius 3 is 2.55 bits per heavy atom. The Balaban J connectivity index is 1.43. The number of hydrogen-bond acceptors (Lipinski definition) is 5. The first-order valence-electron chi connectivity index (χ1n) is 10.1. The zero-order valence-electron chi connectivity index (χ0n) is 17.0. The molecule has 2 aliphatic rings. The van der Waals surface area contributed by atoms with Gasteiger partial charge in [-0.25, -0.2) is 0 Å². The van der Waals surface area contributed by atoms with Crippen LogP contribution in [0.2, 0.25) is 0 Å². The van der Waals surface area contributed by atoms with E-state index in [1.807, 2.05) is 49.4 Å². The lowest BCUT2D eigenvalue weighted by Gasteiger charge is -2.35. The van der Waals surface area contributed by atoms with Crippen molar-refractivity contribution in [1.82, 2.24) is 10.2 Å². The fourth-order valence-corrected chi connectivity index (χ4v) is 4.02. The lowest BCUT2D eigenvalue weighted by atomic mass is 9.88. The highest BCUT2D eigenvalue weighted by atomic mass is 16.5. The molecular weight excluding hydrogens is 366 g/mol. The number of hydrogen-bond donors (Lipinski definition) is 1. The van der Waals surface area contributed by atoms with Gasteiger partial charge in [0.2, 0.25) is 0 Å². The van der Waals surface area contributed by atoms with Crippen molar-refractivity contribution in [1.29, 1.82) is 0 Å². The molecule has 1 saturated heterocycles. The van der Waals surface area contributed by atoms with E-state index in [1.165, 1.54) is 5.56 Å². The lowest BCUT2D eigenvalue weighted by molar-refractivity contribution is -0.125. The Hall–Kier alpha value is -2.86. The Morgan fingerprint density at radius 1 is 1.10 bits per heavy atom. The molecule has 4 rings (SSSR count). The van der Waals surface area contributed by atoms with E-state index >= 15 is 0 Å². The van der Waals surface area contributed by atoms with Crippen LogP contribution in [0.5, 0.6) is 11.5 Å². The number of likely N-dealkylation sites (tertiary alicyclic amines) is 1. The zero-order valence-corrected chi connectivity index (χ0v) is 17.0. The minimum Gasteiger partial charge on any atom is -0.493 e. The van der Waals surface area contributed by atoms with Gasteiger partial charge in [0.05, 0.1) is 13.7 Å². The monoisotopic (exact) mass is 393 g/mol. The number of ether oxygens (including phenoxy) is 2. The van der Waals surface area contributed by atoms with Crippen LogP contribution in [0.25, 0.3) is 0 Å². The van der Waals surface area contributed by atoms with E-state index in [-0.39, 0.29) is 5.91 Å². The van der Waals surface area contributed by atoms with Crippen molar-refractivity contribution in [2.45, 2.75) is 31.8 Å². The predicted octanol–water partition coefficient (Wildman–Crippen LogP) is 3.01. The number of piperidine rings is 1. The van der Waals surface area contributed by atoms with Gasteiger partial charge in [-0.1, -0.05) is 36.4 Å². The topological polar surface area (TPSA) is 63.2 Å². The molecule has 2 aromatic rings. The Morgan fingerprint density at radius 2 is 1.86 bits per heavy atom. The molecule has 0 aromatic heterocycles. The van der Waals surface area contributed by atoms with E-state index < -0.39 is 5.54 Å². The van der Waals surface area contributed by atoms with Gasteiger partial charge in [0.25, 0.3) is 5.91 Å². The maximum Gasteiger partial charge on any atom is 0.253 e. The second-order valence-electron chi connectivity index (χ2n) is 7.51. The van der Waals surface area contributed by atoms with Crippen molar-refractivity contribution in [3.05, 3.63) is 59.7 Å². The SMILES string of the molecule is CCOc1cc(CN2CCC3(CC2)N=C(c2ccccc2)NC3=O)ccc1OC. The summed E-state index contributed by atoms with van der Waals surface area (Å²) in [6.45, 7) is 5.04. The van der Waals surface area contributed by atoms with Gasteiger partial charge in [-0.05, 0) is 37.5 Å². The summed E-state index contributed by atoms with van der Waals surface area (Å²) in [4.78, 5) is 19.9. The zero-order chi connectivity index (χ0) is 20.3. The molecule has 0 aliphatic carbocycles. The molecule has 1 amide bonds. The van der Waals surface area contributed by atoms with Gasteiger partial charge >= 0.3 is 0 Å². The maximum absolute atomic E-state index is 12.7. The fraction of sp³-hybridized carbons (Fsp3) is 0.391. The number of amidine groups is 1. The number of nitrogens with one attached hydrogen (secondary N) is 1. The quantitative estimate of drug-likeness (QED) is 0.820. The van der Waals surface area contributed by atoms with Crippen LogP contribution in [0.1, 0.15) is 30.9 Å². The van der Waals surface area contributed by atoms with E-state index in [2.05, 4.69) is 16.3 Å². The van der Waals surface area contributed by atoms with Crippen molar-refractivity contribution in [3.8, 4) is 11.5 Å². The first-order chi connectivity index (χ1) is 14.1. The molecule has 6 nitrogen and oxygen atoms in total. The van der Waals surface area contributed by atoms with Crippen LogP contribution >= 0.6 is 0 Å². The molecule has 0 unspecified atom stereocenters. The van der Waals surface area contributed by atoms with Gasteiger partial charge in [-0.2, -0.15) is 0 Å². The van der Waals surface area contributed by atoms with Crippen LogP contribution in [0.4, 0.5) is 0 Å². The number of aliphatic imine (C=N–C) groups is 1. The van der Waals surface area contributed by atoms with Gasteiger partial charge in [0.1, 0.15) is 11.4 Å². The Kier molecular flexibility index (Phi) is 5.53. The molecule has 2 aliphatic heterocycles. The number of rotatable bonds is 6. The standard InChI is InChI=1S/C23H27N3O3/c1-3-29-20-15-17(9-10-19(20)28-2)16-26-13-11-23(12-14-26)22(27)24-21(25-23)18-7-5-4-6-8-18/h4-10,15H,3,11-14,16H2,1-2H3,(H,24,25,27). The van der Waals surface area contributed by atoms with Crippen LogP contribution in [0.15, 0.2) is 53.5 Å². The summed E-state index contributed by atoms with van der Waals surface area (Å²) >= 11 is 0. The van der Waals surface area contributed by atoms with E-state index in [0.717, 1.165) is 49.5 Å². The molecule has 1 N–H and O–H groups in total. The summed E-state index contributed by atoms with van der Waals surface area (Å²) in [5.74, 6) is 2.24.